The standard InChI is InChI=1S/C14H21NO4S/c1-3-15-8-9-18-13(10-15)11-19-20(16,17)14-6-4-12(2)5-7-14/h4-7,13H,3,8-11H2,1-2H3. The van der Waals surface area contributed by atoms with Gasteiger partial charge in [0.25, 0.3) is 10.1 Å². The summed E-state index contributed by atoms with van der Waals surface area (Å²) in [5, 5.41) is 0. The average Bonchev–Trinajstić information content (AvgIpc) is 2.46. The highest BCUT2D eigenvalue weighted by molar-refractivity contribution is 7.86. The zero-order valence-electron chi connectivity index (χ0n) is 11.9. The van der Waals surface area contributed by atoms with Gasteiger partial charge >= 0.3 is 0 Å². The van der Waals surface area contributed by atoms with Crippen LogP contribution in [0.2, 0.25) is 0 Å². The van der Waals surface area contributed by atoms with Gasteiger partial charge in [-0.1, -0.05) is 24.6 Å². The zero-order valence-corrected chi connectivity index (χ0v) is 12.7. The van der Waals surface area contributed by atoms with Gasteiger partial charge in [-0.3, -0.25) is 9.08 Å². The number of hydrogen-bond acceptors (Lipinski definition) is 5. The maximum Gasteiger partial charge on any atom is 0.297 e. The fourth-order valence-corrected chi connectivity index (χ4v) is 3.04. The molecule has 1 fully saturated rings. The summed E-state index contributed by atoms with van der Waals surface area (Å²) < 4.78 is 34.7. The van der Waals surface area contributed by atoms with Gasteiger partial charge in [0.15, 0.2) is 0 Å². The van der Waals surface area contributed by atoms with Crippen LogP contribution in [0.3, 0.4) is 0 Å². The van der Waals surface area contributed by atoms with Crippen molar-refractivity contribution < 1.29 is 17.3 Å². The molecule has 0 amide bonds. The third-order valence-electron chi connectivity index (χ3n) is 3.39. The molecule has 1 atom stereocenters. The third-order valence-corrected chi connectivity index (χ3v) is 4.68. The monoisotopic (exact) mass is 299 g/mol. The van der Waals surface area contributed by atoms with Crippen LogP contribution in [-0.4, -0.2) is 52.3 Å². The van der Waals surface area contributed by atoms with Crippen molar-refractivity contribution in [2.45, 2.75) is 24.8 Å². The summed E-state index contributed by atoms with van der Waals surface area (Å²) >= 11 is 0. The molecule has 0 aromatic heterocycles. The number of hydrogen-bond donors (Lipinski definition) is 0. The molecule has 1 aliphatic heterocycles. The van der Waals surface area contributed by atoms with Gasteiger partial charge in [0.05, 0.1) is 24.2 Å². The third kappa shape index (κ3) is 4.02. The minimum Gasteiger partial charge on any atom is -0.373 e. The maximum absolute atomic E-state index is 12.0. The van der Waals surface area contributed by atoms with Crippen molar-refractivity contribution in [1.82, 2.24) is 4.90 Å². The van der Waals surface area contributed by atoms with Gasteiger partial charge in [0, 0.05) is 13.1 Å². The van der Waals surface area contributed by atoms with Crippen molar-refractivity contribution in [1.29, 1.82) is 0 Å². The van der Waals surface area contributed by atoms with Crippen molar-refractivity contribution in [3.63, 3.8) is 0 Å². The number of likely N-dealkylation sites (N-methyl/N-ethyl adjacent to an activating group) is 1. The number of rotatable bonds is 5. The van der Waals surface area contributed by atoms with Crippen LogP contribution in [0.5, 0.6) is 0 Å². The maximum atomic E-state index is 12.0. The van der Waals surface area contributed by atoms with E-state index < -0.39 is 10.1 Å². The lowest BCUT2D eigenvalue weighted by atomic mass is 10.2. The highest BCUT2D eigenvalue weighted by Gasteiger charge is 2.23. The Bertz CT molecular complexity index is 527. The molecule has 6 heteroatoms. The van der Waals surface area contributed by atoms with Gasteiger partial charge in [0.2, 0.25) is 0 Å². The van der Waals surface area contributed by atoms with E-state index in [1.165, 1.54) is 0 Å². The van der Waals surface area contributed by atoms with Crippen LogP contribution >= 0.6 is 0 Å². The van der Waals surface area contributed by atoms with Crippen LogP contribution in [0, 0.1) is 6.92 Å². The summed E-state index contributed by atoms with van der Waals surface area (Å²) in [6, 6.07) is 6.63. The second-order valence-corrected chi connectivity index (χ2v) is 6.55. The molecule has 1 aromatic rings. The van der Waals surface area contributed by atoms with E-state index in [1.54, 1.807) is 24.3 Å². The van der Waals surface area contributed by atoms with Gasteiger partial charge in [-0.15, -0.1) is 0 Å². The van der Waals surface area contributed by atoms with Crippen LogP contribution < -0.4 is 0 Å². The van der Waals surface area contributed by atoms with E-state index in [0.29, 0.717) is 13.2 Å². The average molecular weight is 299 g/mol. The molecule has 2 rings (SSSR count). The minimum absolute atomic E-state index is 0.0622. The number of benzene rings is 1. The van der Waals surface area contributed by atoms with E-state index in [0.717, 1.165) is 18.7 Å². The van der Waals surface area contributed by atoms with Crippen LogP contribution in [0.4, 0.5) is 0 Å². The minimum atomic E-state index is -3.70. The molecule has 1 saturated heterocycles. The van der Waals surface area contributed by atoms with Crippen LogP contribution in [0.1, 0.15) is 12.5 Å². The molecule has 0 spiro atoms. The van der Waals surface area contributed by atoms with Crippen LogP contribution in [-0.2, 0) is 19.0 Å². The molecule has 1 aromatic carbocycles. The Labute approximate surface area is 120 Å². The lowest BCUT2D eigenvalue weighted by Crippen LogP contribution is -2.44. The number of morpholine rings is 1. The van der Waals surface area contributed by atoms with E-state index in [4.69, 9.17) is 8.92 Å². The first-order valence-electron chi connectivity index (χ1n) is 6.81. The second kappa shape index (κ2) is 6.67. The molecule has 1 unspecified atom stereocenters. The van der Waals surface area contributed by atoms with Gasteiger partial charge in [-0.25, -0.2) is 0 Å². The fraction of sp³-hybridized carbons (Fsp3) is 0.571. The van der Waals surface area contributed by atoms with Crippen molar-refractivity contribution >= 4 is 10.1 Å². The number of aryl methyl sites for hydroxylation is 1. The summed E-state index contributed by atoms with van der Waals surface area (Å²) in [7, 11) is -3.70. The first kappa shape index (κ1) is 15.4. The summed E-state index contributed by atoms with van der Waals surface area (Å²) in [6.45, 7) is 7.19. The lowest BCUT2D eigenvalue weighted by molar-refractivity contribution is -0.0454. The van der Waals surface area contributed by atoms with E-state index in [2.05, 4.69) is 11.8 Å². The summed E-state index contributed by atoms with van der Waals surface area (Å²) in [5.41, 5.74) is 1.01. The Morgan fingerprint density at radius 1 is 1.35 bits per heavy atom. The largest absolute Gasteiger partial charge is 0.373 e. The Morgan fingerprint density at radius 3 is 2.70 bits per heavy atom. The molecule has 1 heterocycles. The fourth-order valence-electron chi connectivity index (χ4n) is 2.11. The van der Waals surface area contributed by atoms with Crippen molar-refractivity contribution in [3.05, 3.63) is 29.8 Å². The van der Waals surface area contributed by atoms with Crippen molar-refractivity contribution in [2.24, 2.45) is 0 Å². The van der Waals surface area contributed by atoms with Crippen molar-refractivity contribution in [3.8, 4) is 0 Å². The molecule has 5 nitrogen and oxygen atoms in total. The van der Waals surface area contributed by atoms with Gasteiger partial charge < -0.3 is 4.74 Å². The quantitative estimate of drug-likeness (QED) is 0.770. The Balaban J connectivity index is 1.94. The molecule has 20 heavy (non-hydrogen) atoms. The number of ether oxygens (including phenoxy) is 1. The Hall–Kier alpha value is -0.950. The first-order chi connectivity index (χ1) is 9.51. The predicted molar refractivity (Wildman–Crippen MR) is 76.2 cm³/mol. The molecule has 0 saturated carbocycles. The van der Waals surface area contributed by atoms with E-state index >= 15 is 0 Å². The summed E-state index contributed by atoms with van der Waals surface area (Å²) in [6.07, 6.45) is -0.191. The molecule has 0 N–H and O–H groups in total. The SMILES string of the molecule is CCN1CCOC(COS(=O)(=O)c2ccc(C)cc2)C1. The van der Waals surface area contributed by atoms with E-state index in [1.807, 2.05) is 6.92 Å². The normalized spacial score (nSPS) is 21.0. The molecular weight excluding hydrogens is 278 g/mol. The zero-order chi connectivity index (χ0) is 14.6. The summed E-state index contributed by atoms with van der Waals surface area (Å²) in [4.78, 5) is 2.40. The highest BCUT2D eigenvalue weighted by Crippen LogP contribution is 2.15. The highest BCUT2D eigenvalue weighted by atomic mass is 32.2. The molecule has 0 bridgehead atoms. The van der Waals surface area contributed by atoms with Crippen LogP contribution in [0.25, 0.3) is 0 Å². The molecule has 1 aliphatic rings. The molecular formula is C14H21NO4S. The topological polar surface area (TPSA) is 55.8 Å². The predicted octanol–water partition coefficient (Wildman–Crippen LogP) is 1.42. The smallest absolute Gasteiger partial charge is 0.297 e. The number of nitrogens with zero attached hydrogens (tertiary/aromatic N) is 1. The Kier molecular flexibility index (Phi) is 5.15. The van der Waals surface area contributed by atoms with Gasteiger partial charge in [0.1, 0.15) is 0 Å². The van der Waals surface area contributed by atoms with Gasteiger partial charge in [-0.05, 0) is 25.6 Å². The molecule has 0 radical (unpaired) electrons. The summed E-state index contributed by atoms with van der Waals surface area (Å²) in [5.74, 6) is 0. The molecule has 0 aliphatic carbocycles. The Morgan fingerprint density at radius 2 is 2.05 bits per heavy atom. The second-order valence-electron chi connectivity index (χ2n) is 4.94. The lowest BCUT2D eigenvalue weighted by Gasteiger charge is -2.31. The molecule has 112 valence electrons. The van der Waals surface area contributed by atoms with Crippen LogP contribution in [0.15, 0.2) is 29.2 Å². The van der Waals surface area contributed by atoms with Gasteiger partial charge in [-0.2, -0.15) is 8.42 Å². The first-order valence-corrected chi connectivity index (χ1v) is 8.22. The van der Waals surface area contributed by atoms with E-state index in [-0.39, 0.29) is 17.6 Å². The van der Waals surface area contributed by atoms with E-state index in [9.17, 15) is 8.42 Å². The van der Waals surface area contributed by atoms with Crippen molar-refractivity contribution in [2.75, 3.05) is 32.8 Å².